The topological polar surface area (TPSA) is 13.1 Å². The predicted molar refractivity (Wildman–Crippen MR) is 180 cm³/mol. The third-order valence-corrected chi connectivity index (χ3v) is 9.55. The van der Waals surface area contributed by atoms with Gasteiger partial charge in [0.15, 0.2) is 5.58 Å². The fourth-order valence-electron chi connectivity index (χ4n) is 6.72. The van der Waals surface area contributed by atoms with Crippen LogP contribution in [0.3, 0.4) is 0 Å². The van der Waals surface area contributed by atoms with Crippen LogP contribution < -0.4 is 0 Å². The Morgan fingerprint density at radius 2 is 0.881 bits per heavy atom. The molecule has 0 unspecified atom stereocenters. The Balaban J connectivity index is 1.38. The maximum absolute atomic E-state index is 6.92. The van der Waals surface area contributed by atoms with Gasteiger partial charge in [-0.05, 0) is 49.7 Å². The first-order valence-corrected chi connectivity index (χ1v) is 15.1. The average Bonchev–Trinajstić information content (AvgIpc) is 3.66. The van der Waals surface area contributed by atoms with Crippen LogP contribution in [0.2, 0.25) is 0 Å². The standard InChI is InChI=1S/C40H24OS/c1-3-12-25(13-4-1)35-24-42-40-33(35)23-22-32-31-20-11-21-34(38(31)41-39(32)40)37-29-18-9-7-16-27(29)36(26-14-5-2-6-15-26)28-17-8-10-19-30(28)37/h1-24H. The molecule has 2 aromatic heterocycles. The molecule has 0 bridgehead atoms. The van der Waals surface area contributed by atoms with Crippen molar-refractivity contribution in [3.05, 3.63) is 145 Å². The summed E-state index contributed by atoms with van der Waals surface area (Å²) in [7, 11) is 0. The summed E-state index contributed by atoms with van der Waals surface area (Å²) < 4.78 is 8.12. The van der Waals surface area contributed by atoms with Crippen molar-refractivity contribution in [2.75, 3.05) is 0 Å². The third kappa shape index (κ3) is 3.36. The molecule has 0 N–H and O–H groups in total. The Morgan fingerprint density at radius 3 is 1.55 bits per heavy atom. The summed E-state index contributed by atoms with van der Waals surface area (Å²) in [5, 5.41) is 10.8. The van der Waals surface area contributed by atoms with Crippen molar-refractivity contribution < 1.29 is 4.42 Å². The molecule has 0 spiro atoms. The van der Waals surface area contributed by atoms with Gasteiger partial charge in [0.25, 0.3) is 0 Å². The summed E-state index contributed by atoms with van der Waals surface area (Å²) in [5.74, 6) is 0. The first-order chi connectivity index (χ1) is 20.9. The van der Waals surface area contributed by atoms with E-state index in [1.54, 1.807) is 11.3 Å². The number of rotatable bonds is 3. The van der Waals surface area contributed by atoms with Gasteiger partial charge in [-0.1, -0.05) is 133 Å². The average molecular weight is 553 g/mol. The highest BCUT2D eigenvalue weighted by Crippen LogP contribution is 2.48. The van der Waals surface area contributed by atoms with Gasteiger partial charge in [0.05, 0.1) is 4.70 Å². The number of furan rings is 1. The molecule has 42 heavy (non-hydrogen) atoms. The molecule has 196 valence electrons. The lowest BCUT2D eigenvalue weighted by molar-refractivity contribution is 0.674. The highest BCUT2D eigenvalue weighted by atomic mass is 32.1. The van der Waals surface area contributed by atoms with Crippen molar-refractivity contribution in [1.29, 1.82) is 0 Å². The van der Waals surface area contributed by atoms with E-state index in [1.165, 1.54) is 59.4 Å². The largest absolute Gasteiger partial charge is 0.454 e. The van der Waals surface area contributed by atoms with Crippen LogP contribution in [-0.2, 0) is 0 Å². The van der Waals surface area contributed by atoms with Gasteiger partial charge in [-0.15, -0.1) is 11.3 Å². The van der Waals surface area contributed by atoms with Gasteiger partial charge in [0.1, 0.15) is 5.58 Å². The molecule has 9 rings (SSSR count). The SMILES string of the molecule is c1ccc(-c2c3ccccc3c(-c3cccc4c3oc3c4ccc4c(-c5ccccc5)csc43)c3ccccc23)cc1. The fraction of sp³-hybridized carbons (Fsp3) is 0. The van der Waals surface area contributed by atoms with Crippen molar-refractivity contribution in [2.24, 2.45) is 0 Å². The van der Waals surface area contributed by atoms with Gasteiger partial charge in [-0.25, -0.2) is 0 Å². The van der Waals surface area contributed by atoms with E-state index >= 15 is 0 Å². The molecule has 0 saturated carbocycles. The Hall–Kier alpha value is -5.18. The van der Waals surface area contributed by atoms with Gasteiger partial charge in [-0.2, -0.15) is 0 Å². The number of para-hydroxylation sites is 1. The minimum Gasteiger partial charge on any atom is -0.454 e. The van der Waals surface area contributed by atoms with Crippen LogP contribution in [0.25, 0.3) is 87.0 Å². The Bertz CT molecular complexity index is 2390. The molecule has 7 aromatic carbocycles. The van der Waals surface area contributed by atoms with E-state index in [4.69, 9.17) is 4.42 Å². The molecule has 0 atom stereocenters. The first kappa shape index (κ1) is 23.5. The van der Waals surface area contributed by atoms with Crippen LogP contribution in [0.15, 0.2) is 149 Å². The summed E-state index contributed by atoms with van der Waals surface area (Å²) in [6.45, 7) is 0. The summed E-state index contributed by atoms with van der Waals surface area (Å²) >= 11 is 1.77. The predicted octanol–water partition coefficient (Wildman–Crippen LogP) is 12.1. The van der Waals surface area contributed by atoms with Crippen molar-refractivity contribution in [3.63, 3.8) is 0 Å². The Morgan fingerprint density at radius 1 is 0.357 bits per heavy atom. The van der Waals surface area contributed by atoms with Gasteiger partial charge >= 0.3 is 0 Å². The van der Waals surface area contributed by atoms with Crippen molar-refractivity contribution >= 4 is 64.9 Å². The fourth-order valence-corrected chi connectivity index (χ4v) is 7.78. The molecule has 2 heteroatoms. The lowest BCUT2D eigenvalue weighted by Gasteiger charge is -2.17. The second kappa shape index (κ2) is 9.17. The lowest BCUT2D eigenvalue weighted by Crippen LogP contribution is -1.90. The van der Waals surface area contributed by atoms with Gasteiger partial charge < -0.3 is 4.42 Å². The molecule has 0 radical (unpaired) electrons. The summed E-state index contributed by atoms with van der Waals surface area (Å²) in [6.07, 6.45) is 0. The minimum atomic E-state index is 0.942. The first-order valence-electron chi connectivity index (χ1n) is 14.3. The Labute approximate surface area is 246 Å². The molecular formula is C40H24OS. The molecule has 1 nitrogen and oxygen atoms in total. The van der Waals surface area contributed by atoms with Gasteiger partial charge in [-0.3, -0.25) is 0 Å². The number of hydrogen-bond acceptors (Lipinski definition) is 2. The van der Waals surface area contributed by atoms with Crippen LogP contribution in [0, 0.1) is 0 Å². The maximum Gasteiger partial charge on any atom is 0.153 e. The highest BCUT2D eigenvalue weighted by Gasteiger charge is 2.21. The zero-order chi connectivity index (χ0) is 27.6. The van der Waals surface area contributed by atoms with Crippen LogP contribution in [0.5, 0.6) is 0 Å². The number of thiophene rings is 1. The van der Waals surface area contributed by atoms with Crippen molar-refractivity contribution in [2.45, 2.75) is 0 Å². The Kier molecular flexibility index (Phi) is 5.13. The van der Waals surface area contributed by atoms with Gasteiger partial charge in [0.2, 0.25) is 0 Å². The molecule has 0 fully saturated rings. The van der Waals surface area contributed by atoms with E-state index in [0.29, 0.717) is 0 Å². The minimum absolute atomic E-state index is 0.942. The maximum atomic E-state index is 6.92. The second-order valence-electron chi connectivity index (χ2n) is 10.8. The van der Waals surface area contributed by atoms with E-state index in [9.17, 15) is 0 Å². The third-order valence-electron chi connectivity index (χ3n) is 8.55. The molecule has 0 amide bonds. The van der Waals surface area contributed by atoms with Gasteiger partial charge in [0, 0.05) is 32.8 Å². The smallest absolute Gasteiger partial charge is 0.153 e. The van der Waals surface area contributed by atoms with Crippen LogP contribution in [0.1, 0.15) is 0 Å². The van der Waals surface area contributed by atoms with Crippen LogP contribution >= 0.6 is 11.3 Å². The van der Waals surface area contributed by atoms with E-state index in [-0.39, 0.29) is 0 Å². The van der Waals surface area contributed by atoms with E-state index in [0.717, 1.165) is 27.5 Å². The number of benzene rings is 7. The molecule has 0 saturated heterocycles. The van der Waals surface area contributed by atoms with Crippen molar-refractivity contribution in [1.82, 2.24) is 0 Å². The zero-order valence-corrected chi connectivity index (χ0v) is 23.5. The molecule has 9 aromatic rings. The second-order valence-corrected chi connectivity index (χ2v) is 11.7. The van der Waals surface area contributed by atoms with E-state index in [2.05, 4.69) is 145 Å². The van der Waals surface area contributed by atoms with Crippen LogP contribution in [0.4, 0.5) is 0 Å². The molecule has 0 aliphatic carbocycles. The lowest BCUT2D eigenvalue weighted by atomic mass is 9.85. The zero-order valence-electron chi connectivity index (χ0n) is 22.7. The van der Waals surface area contributed by atoms with Crippen molar-refractivity contribution in [3.8, 4) is 33.4 Å². The number of hydrogen-bond donors (Lipinski definition) is 0. The summed E-state index contributed by atoms with van der Waals surface area (Å²) in [6, 6.07) is 50.1. The van der Waals surface area contributed by atoms with E-state index < -0.39 is 0 Å². The molecule has 2 heterocycles. The molecular weight excluding hydrogens is 529 g/mol. The van der Waals surface area contributed by atoms with E-state index in [1.807, 2.05) is 0 Å². The molecule has 0 aliphatic heterocycles. The summed E-state index contributed by atoms with van der Waals surface area (Å²) in [4.78, 5) is 0. The normalized spacial score (nSPS) is 11.8. The van der Waals surface area contributed by atoms with Crippen LogP contribution in [-0.4, -0.2) is 0 Å². The molecule has 0 aliphatic rings. The quantitative estimate of drug-likeness (QED) is 0.199. The summed E-state index contributed by atoms with van der Waals surface area (Å²) in [5.41, 5.74) is 9.25. The monoisotopic (exact) mass is 552 g/mol. The highest BCUT2D eigenvalue weighted by molar-refractivity contribution is 7.18. The number of fused-ring (bicyclic) bond motifs is 7.